The number of hydrogen-bond acceptors (Lipinski definition) is 3. The van der Waals surface area contributed by atoms with Gasteiger partial charge in [-0.25, -0.2) is 0 Å². The molecule has 0 aromatic carbocycles. The highest BCUT2D eigenvalue weighted by Gasteiger charge is 2.53. The van der Waals surface area contributed by atoms with E-state index in [0.717, 1.165) is 6.04 Å². The minimum Gasteiger partial charge on any atom is -0.397 e. The molecule has 0 radical (unpaired) electrons. The molecular formula is C12H24O3Si. The van der Waals surface area contributed by atoms with Gasteiger partial charge in [0.1, 0.15) is 0 Å². The lowest BCUT2D eigenvalue weighted by Crippen LogP contribution is -2.46. The van der Waals surface area contributed by atoms with Crippen LogP contribution in [-0.2, 0) is 13.6 Å². The van der Waals surface area contributed by atoms with E-state index in [9.17, 15) is 0 Å². The van der Waals surface area contributed by atoms with Crippen LogP contribution in [0.3, 0.4) is 0 Å². The summed E-state index contributed by atoms with van der Waals surface area (Å²) in [5, 5.41) is 0. The number of hydrogen-bond donors (Lipinski definition) is 0. The van der Waals surface area contributed by atoms with Gasteiger partial charge in [-0.1, -0.05) is 19.8 Å². The van der Waals surface area contributed by atoms with Crippen LogP contribution in [0.4, 0.5) is 0 Å². The van der Waals surface area contributed by atoms with Crippen LogP contribution in [0.15, 0.2) is 0 Å². The Morgan fingerprint density at radius 2 is 1.94 bits per heavy atom. The van der Waals surface area contributed by atoms with Crippen molar-refractivity contribution in [2.75, 3.05) is 14.2 Å². The molecule has 0 spiro atoms. The lowest BCUT2D eigenvalue weighted by molar-refractivity contribution is 0.217. The molecular weight excluding hydrogens is 220 g/mol. The van der Waals surface area contributed by atoms with Crippen LogP contribution in [0.2, 0.25) is 11.6 Å². The van der Waals surface area contributed by atoms with Crippen LogP contribution in [0.1, 0.15) is 39.0 Å². The van der Waals surface area contributed by atoms with Gasteiger partial charge in [-0.05, 0) is 25.3 Å². The van der Waals surface area contributed by atoms with Gasteiger partial charge in [0.25, 0.3) is 0 Å². The molecule has 1 saturated heterocycles. The fraction of sp³-hybridized carbons (Fsp3) is 1.00. The maximum atomic E-state index is 5.86. The SMILES string of the molecule is CCCC[Si](OC)(OC)C1CCC2OC2C1. The Hall–Kier alpha value is 0.0969. The molecule has 3 nitrogen and oxygen atoms in total. The molecule has 0 amide bonds. The third kappa shape index (κ3) is 2.35. The summed E-state index contributed by atoms with van der Waals surface area (Å²) in [4.78, 5) is 0. The van der Waals surface area contributed by atoms with Crippen molar-refractivity contribution in [1.82, 2.24) is 0 Å². The van der Waals surface area contributed by atoms with Gasteiger partial charge in [0, 0.05) is 19.8 Å². The Morgan fingerprint density at radius 3 is 2.50 bits per heavy atom. The topological polar surface area (TPSA) is 31.0 Å². The predicted octanol–water partition coefficient (Wildman–Crippen LogP) is 2.84. The first-order valence-corrected chi connectivity index (χ1v) is 8.61. The molecule has 1 heterocycles. The summed E-state index contributed by atoms with van der Waals surface area (Å²) in [5.41, 5.74) is 0.637. The van der Waals surface area contributed by atoms with Crippen molar-refractivity contribution in [1.29, 1.82) is 0 Å². The van der Waals surface area contributed by atoms with E-state index in [4.69, 9.17) is 13.6 Å². The van der Waals surface area contributed by atoms with Gasteiger partial charge in [0.15, 0.2) is 0 Å². The quantitative estimate of drug-likeness (QED) is 0.532. The molecule has 1 aliphatic heterocycles. The highest BCUT2D eigenvalue weighted by atomic mass is 28.4. The Kier molecular flexibility index (Phi) is 4.05. The standard InChI is InChI=1S/C12H24O3Si/c1-4-5-8-16(13-2,14-3)10-6-7-11-12(9-10)15-11/h10-12H,4-9H2,1-3H3. The van der Waals surface area contributed by atoms with Gasteiger partial charge < -0.3 is 13.6 Å². The van der Waals surface area contributed by atoms with Gasteiger partial charge in [0.2, 0.25) is 0 Å². The van der Waals surface area contributed by atoms with E-state index in [1.54, 1.807) is 0 Å². The van der Waals surface area contributed by atoms with Crippen LogP contribution >= 0.6 is 0 Å². The first-order valence-electron chi connectivity index (χ1n) is 6.51. The van der Waals surface area contributed by atoms with Crippen molar-refractivity contribution in [3.8, 4) is 0 Å². The molecule has 3 unspecified atom stereocenters. The van der Waals surface area contributed by atoms with Crippen molar-refractivity contribution in [2.45, 2.75) is 62.8 Å². The molecule has 2 rings (SSSR count). The van der Waals surface area contributed by atoms with Crippen LogP contribution in [-0.4, -0.2) is 35.0 Å². The fourth-order valence-electron chi connectivity index (χ4n) is 3.05. The molecule has 1 saturated carbocycles. The second-order valence-electron chi connectivity index (χ2n) is 5.05. The molecule has 2 fully saturated rings. The third-order valence-electron chi connectivity index (χ3n) is 4.20. The zero-order valence-corrected chi connectivity index (χ0v) is 11.7. The van der Waals surface area contributed by atoms with Crippen molar-refractivity contribution < 1.29 is 13.6 Å². The van der Waals surface area contributed by atoms with E-state index in [1.807, 2.05) is 14.2 Å². The first-order chi connectivity index (χ1) is 7.75. The highest BCUT2D eigenvalue weighted by molar-refractivity contribution is 6.69. The second-order valence-corrected chi connectivity index (χ2v) is 8.80. The molecule has 0 aromatic heterocycles. The number of unbranched alkanes of at least 4 members (excludes halogenated alkanes) is 1. The Bertz CT molecular complexity index is 230. The smallest absolute Gasteiger partial charge is 0.340 e. The third-order valence-corrected chi connectivity index (χ3v) is 8.40. The van der Waals surface area contributed by atoms with Crippen molar-refractivity contribution in [3.05, 3.63) is 0 Å². The van der Waals surface area contributed by atoms with Crippen LogP contribution in [0.25, 0.3) is 0 Å². The molecule has 0 bridgehead atoms. The van der Waals surface area contributed by atoms with Gasteiger partial charge >= 0.3 is 8.56 Å². The van der Waals surface area contributed by atoms with E-state index in [0.29, 0.717) is 17.7 Å². The summed E-state index contributed by atoms with van der Waals surface area (Å²) in [6.45, 7) is 2.23. The van der Waals surface area contributed by atoms with Crippen LogP contribution < -0.4 is 0 Å². The zero-order chi connectivity index (χ0) is 11.6. The Labute approximate surface area is 99.7 Å². The zero-order valence-electron chi connectivity index (χ0n) is 10.7. The normalized spacial score (nSPS) is 33.6. The number of rotatable bonds is 6. The summed E-state index contributed by atoms with van der Waals surface area (Å²) >= 11 is 0. The van der Waals surface area contributed by atoms with Crippen molar-refractivity contribution in [3.63, 3.8) is 0 Å². The van der Waals surface area contributed by atoms with Crippen LogP contribution in [0, 0.1) is 0 Å². The maximum absolute atomic E-state index is 5.86. The van der Waals surface area contributed by atoms with E-state index < -0.39 is 8.56 Å². The fourth-order valence-corrected chi connectivity index (χ4v) is 6.75. The summed E-state index contributed by atoms with van der Waals surface area (Å²) in [5.74, 6) is 0. The van der Waals surface area contributed by atoms with Crippen LogP contribution in [0.5, 0.6) is 0 Å². The molecule has 94 valence electrons. The molecule has 1 aliphatic carbocycles. The molecule has 2 aliphatic rings. The van der Waals surface area contributed by atoms with E-state index >= 15 is 0 Å². The predicted molar refractivity (Wildman–Crippen MR) is 65.7 cm³/mol. The molecule has 4 heteroatoms. The average molecular weight is 244 g/mol. The monoisotopic (exact) mass is 244 g/mol. The number of ether oxygens (including phenoxy) is 1. The molecule has 0 aromatic rings. The maximum Gasteiger partial charge on any atom is 0.340 e. The number of fused-ring (bicyclic) bond motifs is 1. The minimum atomic E-state index is -1.96. The van der Waals surface area contributed by atoms with E-state index in [2.05, 4.69) is 6.92 Å². The molecule has 16 heavy (non-hydrogen) atoms. The average Bonchev–Trinajstić information content (AvgIpc) is 3.09. The summed E-state index contributed by atoms with van der Waals surface area (Å²) in [6.07, 6.45) is 7.15. The molecule has 0 N–H and O–H groups in total. The van der Waals surface area contributed by atoms with Crippen molar-refractivity contribution >= 4 is 8.56 Å². The van der Waals surface area contributed by atoms with Gasteiger partial charge in [-0.3, -0.25) is 0 Å². The highest BCUT2D eigenvalue weighted by Crippen LogP contribution is 2.47. The first kappa shape index (κ1) is 12.6. The number of epoxide rings is 1. The van der Waals surface area contributed by atoms with E-state index in [1.165, 1.54) is 32.1 Å². The summed E-state index contributed by atoms with van der Waals surface area (Å²) < 4.78 is 17.3. The lowest BCUT2D eigenvalue weighted by atomic mass is 10.0. The second kappa shape index (κ2) is 5.17. The summed E-state index contributed by atoms with van der Waals surface area (Å²) in [7, 11) is 1.72. The van der Waals surface area contributed by atoms with Gasteiger partial charge in [-0.2, -0.15) is 0 Å². The summed E-state index contributed by atoms with van der Waals surface area (Å²) in [6, 6.07) is 1.14. The largest absolute Gasteiger partial charge is 0.397 e. The Balaban J connectivity index is 1.98. The van der Waals surface area contributed by atoms with E-state index in [-0.39, 0.29) is 0 Å². The lowest BCUT2D eigenvalue weighted by Gasteiger charge is -2.36. The van der Waals surface area contributed by atoms with Gasteiger partial charge in [0.05, 0.1) is 12.2 Å². The Morgan fingerprint density at radius 1 is 1.19 bits per heavy atom. The van der Waals surface area contributed by atoms with Gasteiger partial charge in [-0.15, -0.1) is 0 Å². The van der Waals surface area contributed by atoms with Crippen molar-refractivity contribution in [2.24, 2.45) is 0 Å². The minimum absolute atomic E-state index is 0.526. The molecule has 3 atom stereocenters.